The molecule has 0 aromatic heterocycles. The van der Waals surface area contributed by atoms with E-state index in [4.69, 9.17) is 10.5 Å². The molecule has 2 aliphatic rings. The average molecular weight is 303 g/mol. The highest BCUT2D eigenvalue weighted by Crippen LogP contribution is 2.35. The number of nitrogens with zero attached hydrogens (tertiary/aromatic N) is 1. The summed E-state index contributed by atoms with van der Waals surface area (Å²) in [5.74, 6) is 0.220. The second kappa shape index (κ2) is 5.87. The summed E-state index contributed by atoms with van der Waals surface area (Å²) in [6, 6.07) is 5.36. The summed E-state index contributed by atoms with van der Waals surface area (Å²) in [4.78, 5) is 26.1. The maximum absolute atomic E-state index is 12.4. The van der Waals surface area contributed by atoms with Crippen molar-refractivity contribution in [1.82, 2.24) is 5.32 Å². The summed E-state index contributed by atoms with van der Waals surface area (Å²) in [6.07, 6.45) is 3.73. The Bertz CT molecular complexity index is 596. The van der Waals surface area contributed by atoms with Gasteiger partial charge in [0.2, 0.25) is 5.91 Å². The number of fused-ring (bicyclic) bond motifs is 1. The molecule has 1 aromatic rings. The van der Waals surface area contributed by atoms with Gasteiger partial charge in [-0.1, -0.05) is 12.8 Å². The molecule has 3 rings (SSSR count). The van der Waals surface area contributed by atoms with Crippen LogP contribution in [0.3, 0.4) is 0 Å². The average Bonchev–Trinajstić information content (AvgIpc) is 2.97. The number of nitrogens with one attached hydrogen (secondary N) is 1. The molecule has 1 unspecified atom stereocenters. The van der Waals surface area contributed by atoms with Gasteiger partial charge in [-0.05, 0) is 38.0 Å². The fraction of sp³-hybridized carbons (Fsp3) is 0.500. The lowest BCUT2D eigenvalue weighted by atomic mass is 10.1. The molecule has 1 saturated carbocycles. The van der Waals surface area contributed by atoms with Crippen molar-refractivity contribution in [3.63, 3.8) is 0 Å². The van der Waals surface area contributed by atoms with Crippen molar-refractivity contribution in [3.8, 4) is 5.75 Å². The number of anilines is 2. The first kappa shape index (κ1) is 14.7. The van der Waals surface area contributed by atoms with E-state index in [0.29, 0.717) is 17.1 Å². The van der Waals surface area contributed by atoms with Crippen LogP contribution >= 0.6 is 0 Å². The first-order valence-electron chi connectivity index (χ1n) is 7.71. The van der Waals surface area contributed by atoms with E-state index < -0.39 is 6.10 Å². The van der Waals surface area contributed by atoms with Crippen molar-refractivity contribution in [2.75, 3.05) is 17.2 Å². The van der Waals surface area contributed by atoms with E-state index in [-0.39, 0.29) is 24.4 Å². The monoisotopic (exact) mass is 303 g/mol. The molecule has 6 nitrogen and oxygen atoms in total. The van der Waals surface area contributed by atoms with E-state index in [0.717, 1.165) is 25.7 Å². The molecule has 1 aliphatic carbocycles. The molecule has 1 atom stereocenters. The number of benzene rings is 1. The minimum absolute atomic E-state index is 0.000509. The molecule has 1 heterocycles. The molecule has 1 aliphatic heterocycles. The van der Waals surface area contributed by atoms with Gasteiger partial charge in [0.05, 0.1) is 5.69 Å². The summed E-state index contributed by atoms with van der Waals surface area (Å²) < 4.78 is 5.57. The smallest absolute Gasteiger partial charge is 0.268 e. The zero-order valence-electron chi connectivity index (χ0n) is 12.7. The van der Waals surface area contributed by atoms with Crippen LogP contribution in [-0.2, 0) is 9.59 Å². The second-order valence-electron chi connectivity index (χ2n) is 5.96. The third kappa shape index (κ3) is 2.86. The van der Waals surface area contributed by atoms with Crippen molar-refractivity contribution >= 4 is 23.2 Å². The first-order chi connectivity index (χ1) is 10.5. The van der Waals surface area contributed by atoms with Gasteiger partial charge in [0.1, 0.15) is 12.3 Å². The third-order valence-electron chi connectivity index (χ3n) is 4.21. The maximum atomic E-state index is 12.4. The van der Waals surface area contributed by atoms with Crippen LogP contribution in [0.25, 0.3) is 0 Å². The number of amides is 2. The van der Waals surface area contributed by atoms with Crippen molar-refractivity contribution in [1.29, 1.82) is 0 Å². The van der Waals surface area contributed by atoms with Crippen LogP contribution in [-0.4, -0.2) is 30.5 Å². The van der Waals surface area contributed by atoms with E-state index in [1.54, 1.807) is 25.1 Å². The van der Waals surface area contributed by atoms with Crippen LogP contribution in [0, 0.1) is 0 Å². The number of nitrogens with two attached hydrogens (primary N) is 1. The number of carbonyl (C=O) groups is 2. The van der Waals surface area contributed by atoms with Crippen molar-refractivity contribution in [2.45, 2.75) is 44.8 Å². The van der Waals surface area contributed by atoms with E-state index >= 15 is 0 Å². The number of hydrogen-bond donors (Lipinski definition) is 2. The Morgan fingerprint density at radius 1 is 1.41 bits per heavy atom. The Morgan fingerprint density at radius 3 is 2.86 bits per heavy atom. The lowest BCUT2D eigenvalue weighted by molar-refractivity contribution is -0.128. The Morgan fingerprint density at radius 2 is 2.14 bits per heavy atom. The molecule has 118 valence electrons. The van der Waals surface area contributed by atoms with Gasteiger partial charge in [-0.25, -0.2) is 0 Å². The minimum Gasteiger partial charge on any atom is -0.479 e. The molecule has 0 saturated heterocycles. The number of carbonyl (C=O) groups excluding carboxylic acids is 2. The van der Waals surface area contributed by atoms with Crippen LogP contribution in [0.4, 0.5) is 11.4 Å². The number of nitrogen functional groups attached to an aromatic ring is 1. The van der Waals surface area contributed by atoms with E-state index in [1.807, 2.05) is 0 Å². The van der Waals surface area contributed by atoms with Gasteiger partial charge < -0.3 is 15.8 Å². The molecule has 3 N–H and O–H groups in total. The highest BCUT2D eigenvalue weighted by molar-refractivity contribution is 6.04. The van der Waals surface area contributed by atoms with E-state index in [2.05, 4.69) is 5.32 Å². The number of rotatable bonds is 3. The van der Waals surface area contributed by atoms with Gasteiger partial charge in [-0.3, -0.25) is 14.5 Å². The lowest BCUT2D eigenvalue weighted by Gasteiger charge is -2.33. The molecule has 0 spiro atoms. The van der Waals surface area contributed by atoms with Gasteiger partial charge in [0.15, 0.2) is 6.10 Å². The van der Waals surface area contributed by atoms with Crippen LogP contribution in [0.5, 0.6) is 5.75 Å². The van der Waals surface area contributed by atoms with Crippen LogP contribution in [0.15, 0.2) is 18.2 Å². The molecule has 1 fully saturated rings. The molecule has 2 amide bonds. The second-order valence-corrected chi connectivity index (χ2v) is 5.96. The van der Waals surface area contributed by atoms with Gasteiger partial charge >= 0.3 is 0 Å². The van der Waals surface area contributed by atoms with Gasteiger partial charge in [-0.15, -0.1) is 0 Å². The van der Waals surface area contributed by atoms with Crippen LogP contribution in [0.2, 0.25) is 0 Å². The molecular weight excluding hydrogens is 282 g/mol. The third-order valence-corrected chi connectivity index (χ3v) is 4.21. The molecule has 6 heteroatoms. The summed E-state index contributed by atoms with van der Waals surface area (Å²) in [6.45, 7) is 1.68. The van der Waals surface area contributed by atoms with Gasteiger partial charge in [0.25, 0.3) is 5.91 Å². The summed E-state index contributed by atoms with van der Waals surface area (Å²) in [5, 5.41) is 3.00. The Labute approximate surface area is 129 Å². The normalized spacial score (nSPS) is 21.4. The largest absolute Gasteiger partial charge is 0.479 e. The molecular formula is C16H21N3O3. The lowest BCUT2D eigenvalue weighted by Crippen LogP contribution is -2.49. The standard InChI is InChI=1S/C16H21N3O3/c1-10-16(21)19(9-15(20)18-12-4-2-3-5-12)13-8-11(17)6-7-14(13)22-10/h6-8,10,12H,2-5,9,17H2,1H3,(H,18,20). The summed E-state index contributed by atoms with van der Waals surface area (Å²) in [7, 11) is 0. The Kier molecular flexibility index (Phi) is 3.92. The van der Waals surface area contributed by atoms with Crippen molar-refractivity contribution in [3.05, 3.63) is 18.2 Å². The highest BCUT2D eigenvalue weighted by atomic mass is 16.5. The molecule has 22 heavy (non-hydrogen) atoms. The summed E-state index contributed by atoms with van der Waals surface area (Å²) >= 11 is 0. The van der Waals surface area contributed by atoms with Crippen LogP contribution in [0.1, 0.15) is 32.6 Å². The van der Waals surface area contributed by atoms with Crippen molar-refractivity contribution in [2.24, 2.45) is 0 Å². The van der Waals surface area contributed by atoms with Crippen LogP contribution < -0.4 is 20.7 Å². The van der Waals surface area contributed by atoms with E-state index in [9.17, 15) is 9.59 Å². The topological polar surface area (TPSA) is 84.7 Å². The highest BCUT2D eigenvalue weighted by Gasteiger charge is 2.33. The van der Waals surface area contributed by atoms with E-state index in [1.165, 1.54) is 4.90 Å². The fourth-order valence-electron chi connectivity index (χ4n) is 3.07. The fourth-order valence-corrected chi connectivity index (χ4v) is 3.07. The quantitative estimate of drug-likeness (QED) is 0.828. The SMILES string of the molecule is CC1Oc2ccc(N)cc2N(CC(=O)NC2CCCC2)C1=O. The number of hydrogen-bond acceptors (Lipinski definition) is 4. The van der Waals surface area contributed by atoms with Gasteiger partial charge in [-0.2, -0.15) is 0 Å². The minimum atomic E-state index is -0.601. The predicted molar refractivity (Wildman–Crippen MR) is 83.7 cm³/mol. The Hall–Kier alpha value is -2.24. The predicted octanol–water partition coefficient (Wildman–Crippen LogP) is 1.44. The number of ether oxygens (including phenoxy) is 1. The maximum Gasteiger partial charge on any atom is 0.268 e. The zero-order valence-corrected chi connectivity index (χ0v) is 12.7. The summed E-state index contributed by atoms with van der Waals surface area (Å²) in [5.41, 5.74) is 6.89. The van der Waals surface area contributed by atoms with Crippen molar-refractivity contribution < 1.29 is 14.3 Å². The molecule has 0 bridgehead atoms. The molecule has 0 radical (unpaired) electrons. The molecule has 1 aromatic carbocycles. The van der Waals surface area contributed by atoms with Gasteiger partial charge in [0, 0.05) is 11.7 Å². The zero-order chi connectivity index (χ0) is 15.7. The Balaban J connectivity index is 1.77. The first-order valence-corrected chi connectivity index (χ1v) is 7.71.